The molecule has 1 fully saturated rings. The maximum atomic E-state index is 13.6. The second kappa shape index (κ2) is 5.24. The van der Waals surface area contributed by atoms with Crippen molar-refractivity contribution in [2.24, 2.45) is 0 Å². The van der Waals surface area contributed by atoms with Crippen LogP contribution in [0, 0.1) is 5.82 Å². The largest absolute Gasteiger partial charge is 0.462 e. The predicted molar refractivity (Wildman–Crippen MR) is 69.5 cm³/mol. The van der Waals surface area contributed by atoms with E-state index >= 15 is 0 Å². The van der Waals surface area contributed by atoms with Gasteiger partial charge in [-0.05, 0) is 30.8 Å². The summed E-state index contributed by atoms with van der Waals surface area (Å²) in [5, 5.41) is 7.52. The van der Waals surface area contributed by atoms with Crippen molar-refractivity contribution in [2.45, 2.75) is 29.9 Å². The van der Waals surface area contributed by atoms with Gasteiger partial charge in [0, 0.05) is 6.42 Å². The Bertz CT molecular complexity index is 646. The number of carbonyl (C=O) groups is 1. The molecule has 1 saturated heterocycles. The fraction of sp³-hybridized carbons (Fsp3) is 0.308. The van der Waals surface area contributed by atoms with Gasteiger partial charge in [-0.2, -0.15) is 0 Å². The molecule has 1 aromatic heterocycles. The zero-order chi connectivity index (χ0) is 14.1. The fourth-order valence-corrected chi connectivity index (χ4v) is 2.92. The van der Waals surface area contributed by atoms with Crippen molar-refractivity contribution < 1.29 is 18.3 Å². The van der Waals surface area contributed by atoms with E-state index in [2.05, 4.69) is 10.2 Å². The zero-order valence-electron chi connectivity index (χ0n) is 10.6. The number of halogens is 1. The highest BCUT2D eigenvalue weighted by atomic mass is 32.2. The third kappa shape index (κ3) is 2.53. The molecule has 0 N–H and O–H groups in total. The molecule has 2 atom stereocenters. The summed E-state index contributed by atoms with van der Waals surface area (Å²) in [6.45, 7) is 1.83. The van der Waals surface area contributed by atoms with Crippen LogP contribution in [0.15, 0.2) is 33.9 Å². The van der Waals surface area contributed by atoms with E-state index < -0.39 is 5.82 Å². The highest BCUT2D eigenvalue weighted by Crippen LogP contribution is 2.33. The van der Waals surface area contributed by atoms with Gasteiger partial charge in [0.15, 0.2) is 0 Å². The molecule has 0 aliphatic carbocycles. The minimum Gasteiger partial charge on any atom is -0.462 e. The van der Waals surface area contributed by atoms with E-state index in [0.29, 0.717) is 6.42 Å². The van der Waals surface area contributed by atoms with Gasteiger partial charge in [-0.25, -0.2) is 4.39 Å². The molecule has 0 unspecified atom stereocenters. The van der Waals surface area contributed by atoms with E-state index in [4.69, 9.17) is 9.15 Å². The lowest BCUT2D eigenvalue weighted by Crippen LogP contribution is -2.09. The summed E-state index contributed by atoms with van der Waals surface area (Å²) in [6, 6.07) is 6.15. The smallest absolute Gasteiger partial charge is 0.320 e. The monoisotopic (exact) mass is 294 g/mol. The molecule has 2 heterocycles. The molecule has 20 heavy (non-hydrogen) atoms. The fourth-order valence-electron chi connectivity index (χ4n) is 1.94. The molecule has 7 heteroatoms. The van der Waals surface area contributed by atoms with Crippen molar-refractivity contribution in [3.8, 4) is 11.5 Å². The van der Waals surface area contributed by atoms with Crippen LogP contribution in [-0.2, 0) is 9.53 Å². The van der Waals surface area contributed by atoms with E-state index in [1.807, 2.05) is 6.92 Å². The Morgan fingerprint density at radius 2 is 2.15 bits per heavy atom. The summed E-state index contributed by atoms with van der Waals surface area (Å²) in [4.78, 5) is 11.5. The number of benzene rings is 1. The minimum absolute atomic E-state index is 0.102. The van der Waals surface area contributed by atoms with E-state index in [9.17, 15) is 9.18 Å². The second-order valence-electron chi connectivity index (χ2n) is 4.44. The van der Waals surface area contributed by atoms with Crippen LogP contribution in [0.3, 0.4) is 0 Å². The number of aromatic nitrogens is 2. The standard InChI is InChI=1S/C13H11FN2O3S/c1-7-6-10(12(17)18-7)20-13-16-15-11(19-13)8-4-2-3-5-9(8)14/h2-5,7,10H,6H2,1H3/t7-,10+/m0/s1. The number of thioether (sulfide) groups is 1. The molecule has 0 radical (unpaired) electrons. The molecular weight excluding hydrogens is 283 g/mol. The number of esters is 1. The van der Waals surface area contributed by atoms with Crippen LogP contribution in [0.25, 0.3) is 11.5 Å². The van der Waals surface area contributed by atoms with Gasteiger partial charge in [-0.1, -0.05) is 12.1 Å². The lowest BCUT2D eigenvalue weighted by molar-refractivity contribution is -0.140. The molecule has 0 saturated carbocycles. The molecular formula is C13H11FN2O3S. The number of hydrogen-bond donors (Lipinski definition) is 0. The normalized spacial score (nSPS) is 22.0. The van der Waals surface area contributed by atoms with Gasteiger partial charge < -0.3 is 9.15 Å². The Morgan fingerprint density at radius 1 is 1.35 bits per heavy atom. The maximum Gasteiger partial charge on any atom is 0.320 e. The maximum absolute atomic E-state index is 13.6. The van der Waals surface area contributed by atoms with Gasteiger partial charge >= 0.3 is 5.97 Å². The summed E-state index contributed by atoms with van der Waals surface area (Å²) < 4.78 is 24.0. The Morgan fingerprint density at radius 3 is 2.85 bits per heavy atom. The van der Waals surface area contributed by atoms with Gasteiger partial charge in [-0.15, -0.1) is 10.2 Å². The molecule has 0 amide bonds. The Balaban J connectivity index is 1.78. The van der Waals surface area contributed by atoms with Gasteiger partial charge in [-0.3, -0.25) is 4.79 Å². The van der Waals surface area contributed by atoms with E-state index in [-0.39, 0.29) is 34.0 Å². The first-order chi connectivity index (χ1) is 9.63. The molecule has 2 aromatic rings. The van der Waals surface area contributed by atoms with Crippen molar-refractivity contribution >= 4 is 17.7 Å². The molecule has 1 aromatic carbocycles. The van der Waals surface area contributed by atoms with Crippen LogP contribution >= 0.6 is 11.8 Å². The Labute approximate surface area is 118 Å². The number of cyclic esters (lactones) is 1. The average molecular weight is 294 g/mol. The van der Waals surface area contributed by atoms with Crippen LogP contribution in [0.5, 0.6) is 0 Å². The van der Waals surface area contributed by atoms with E-state index in [1.54, 1.807) is 18.2 Å². The summed E-state index contributed by atoms with van der Waals surface area (Å²) in [5.41, 5.74) is 0.245. The summed E-state index contributed by atoms with van der Waals surface area (Å²) in [6.07, 6.45) is 0.495. The molecule has 5 nitrogen and oxygen atoms in total. The highest BCUT2D eigenvalue weighted by molar-refractivity contribution is 8.00. The first kappa shape index (κ1) is 13.1. The summed E-state index contributed by atoms with van der Waals surface area (Å²) >= 11 is 1.15. The topological polar surface area (TPSA) is 65.2 Å². The number of ether oxygens (including phenoxy) is 1. The van der Waals surface area contributed by atoms with E-state index in [0.717, 1.165) is 11.8 Å². The van der Waals surface area contributed by atoms with Gasteiger partial charge in [0.2, 0.25) is 0 Å². The summed E-state index contributed by atoms with van der Waals surface area (Å²) in [5.74, 6) is -0.611. The van der Waals surface area contributed by atoms with Crippen LogP contribution < -0.4 is 0 Å². The second-order valence-corrected chi connectivity index (χ2v) is 5.60. The lowest BCUT2D eigenvalue weighted by Gasteiger charge is -1.99. The summed E-state index contributed by atoms with van der Waals surface area (Å²) in [7, 11) is 0. The molecule has 3 rings (SSSR count). The quantitative estimate of drug-likeness (QED) is 0.811. The van der Waals surface area contributed by atoms with Crippen LogP contribution in [-0.4, -0.2) is 27.5 Å². The third-order valence-corrected chi connectivity index (χ3v) is 3.92. The van der Waals surface area contributed by atoms with Crippen molar-refractivity contribution in [3.63, 3.8) is 0 Å². The van der Waals surface area contributed by atoms with Crippen LogP contribution in [0.4, 0.5) is 4.39 Å². The van der Waals surface area contributed by atoms with Gasteiger partial charge in [0.25, 0.3) is 11.1 Å². The highest BCUT2D eigenvalue weighted by Gasteiger charge is 2.34. The van der Waals surface area contributed by atoms with Gasteiger partial charge in [0.1, 0.15) is 17.2 Å². The molecule has 1 aliphatic rings. The Kier molecular flexibility index (Phi) is 3.43. The van der Waals surface area contributed by atoms with Crippen molar-refractivity contribution in [1.82, 2.24) is 10.2 Å². The SMILES string of the molecule is C[C@H]1C[C@@H](Sc2nnc(-c3ccccc3F)o2)C(=O)O1. The number of rotatable bonds is 3. The molecule has 1 aliphatic heterocycles. The first-order valence-corrected chi connectivity index (χ1v) is 6.97. The van der Waals surface area contributed by atoms with Gasteiger partial charge in [0.05, 0.1) is 5.56 Å². The van der Waals surface area contributed by atoms with Crippen molar-refractivity contribution in [3.05, 3.63) is 30.1 Å². The molecule has 0 bridgehead atoms. The van der Waals surface area contributed by atoms with Crippen molar-refractivity contribution in [1.29, 1.82) is 0 Å². The lowest BCUT2D eigenvalue weighted by atomic mass is 10.2. The van der Waals surface area contributed by atoms with E-state index in [1.165, 1.54) is 6.07 Å². The van der Waals surface area contributed by atoms with Crippen LogP contribution in [0.2, 0.25) is 0 Å². The van der Waals surface area contributed by atoms with Crippen LogP contribution in [0.1, 0.15) is 13.3 Å². The zero-order valence-corrected chi connectivity index (χ0v) is 11.4. The number of hydrogen-bond acceptors (Lipinski definition) is 6. The number of carbonyl (C=O) groups excluding carboxylic acids is 1. The predicted octanol–water partition coefficient (Wildman–Crippen LogP) is 2.67. The first-order valence-electron chi connectivity index (χ1n) is 6.09. The Hall–Kier alpha value is -1.89. The van der Waals surface area contributed by atoms with Crippen molar-refractivity contribution in [2.75, 3.05) is 0 Å². The number of nitrogens with zero attached hydrogens (tertiary/aromatic N) is 2. The third-order valence-electron chi connectivity index (χ3n) is 2.88. The molecule has 104 valence electrons. The minimum atomic E-state index is -0.429. The molecule has 0 spiro atoms. The average Bonchev–Trinajstić information content (AvgIpc) is 2.98.